The fraction of sp³-hybridized carbons (Fsp3) is 0.727. The van der Waals surface area contributed by atoms with Crippen molar-refractivity contribution in [2.45, 2.75) is 25.7 Å². The van der Waals surface area contributed by atoms with Crippen molar-refractivity contribution in [1.82, 2.24) is 10.3 Å². The second-order valence-electron chi connectivity index (χ2n) is 3.54. The van der Waals surface area contributed by atoms with Crippen molar-refractivity contribution in [3.63, 3.8) is 0 Å². The molecular weight excluding hydrogens is 208 g/mol. The number of aromatic nitrogens is 1. The van der Waals surface area contributed by atoms with Gasteiger partial charge in [0.1, 0.15) is 0 Å². The molecule has 0 aliphatic rings. The van der Waals surface area contributed by atoms with Crippen LogP contribution in [0.3, 0.4) is 0 Å². The van der Waals surface area contributed by atoms with E-state index in [-0.39, 0.29) is 0 Å². The van der Waals surface area contributed by atoms with Crippen molar-refractivity contribution in [3.05, 3.63) is 16.1 Å². The van der Waals surface area contributed by atoms with Gasteiger partial charge >= 0.3 is 0 Å². The summed E-state index contributed by atoms with van der Waals surface area (Å²) in [7, 11) is 3.72. The first-order chi connectivity index (χ1) is 7.36. The summed E-state index contributed by atoms with van der Waals surface area (Å²) in [5, 5.41) is 6.57. The predicted molar refractivity (Wildman–Crippen MR) is 64.6 cm³/mol. The minimum absolute atomic E-state index is 0.828. The lowest BCUT2D eigenvalue weighted by Gasteiger charge is -1.97. The summed E-state index contributed by atoms with van der Waals surface area (Å²) in [5.41, 5.74) is 1.24. The lowest BCUT2D eigenvalue weighted by molar-refractivity contribution is 0.195. The maximum Gasteiger partial charge on any atom is 0.0929 e. The van der Waals surface area contributed by atoms with Gasteiger partial charge in [0.15, 0.2) is 0 Å². The first-order valence-electron chi connectivity index (χ1n) is 5.43. The minimum Gasteiger partial charge on any atom is -0.385 e. The van der Waals surface area contributed by atoms with Crippen LogP contribution < -0.4 is 5.32 Å². The third kappa shape index (κ3) is 5.25. The molecule has 0 spiro atoms. The van der Waals surface area contributed by atoms with Crippen LogP contribution in [0.2, 0.25) is 0 Å². The molecule has 3 nitrogen and oxygen atoms in total. The highest BCUT2D eigenvalue weighted by Gasteiger charge is 2.01. The third-order valence-electron chi connectivity index (χ3n) is 2.20. The average Bonchev–Trinajstić information content (AvgIpc) is 2.67. The molecule has 0 aliphatic carbocycles. The van der Waals surface area contributed by atoms with Crippen molar-refractivity contribution in [2.24, 2.45) is 0 Å². The topological polar surface area (TPSA) is 34.1 Å². The molecular formula is C11H20N2OS. The summed E-state index contributed by atoms with van der Waals surface area (Å²) >= 11 is 1.77. The van der Waals surface area contributed by atoms with Crippen LogP contribution in [0.5, 0.6) is 0 Å². The molecule has 0 fully saturated rings. The van der Waals surface area contributed by atoms with Gasteiger partial charge in [-0.1, -0.05) is 0 Å². The zero-order valence-corrected chi connectivity index (χ0v) is 10.4. The van der Waals surface area contributed by atoms with Crippen molar-refractivity contribution in [2.75, 3.05) is 27.3 Å². The van der Waals surface area contributed by atoms with Crippen molar-refractivity contribution in [1.29, 1.82) is 0 Å². The SMILES string of the molecule is CNCCCc1csc(CCCOC)n1. The Hall–Kier alpha value is -0.450. The number of nitrogens with one attached hydrogen (secondary N) is 1. The summed E-state index contributed by atoms with van der Waals surface area (Å²) in [6.45, 7) is 1.89. The Labute approximate surface area is 95.9 Å². The molecule has 4 heteroatoms. The van der Waals surface area contributed by atoms with Crippen molar-refractivity contribution < 1.29 is 4.74 Å². The van der Waals surface area contributed by atoms with E-state index < -0.39 is 0 Å². The van der Waals surface area contributed by atoms with Gasteiger partial charge in [0.05, 0.1) is 10.7 Å². The fourth-order valence-electron chi connectivity index (χ4n) is 1.39. The van der Waals surface area contributed by atoms with E-state index in [2.05, 4.69) is 15.7 Å². The van der Waals surface area contributed by atoms with Gasteiger partial charge in [0.25, 0.3) is 0 Å². The van der Waals surface area contributed by atoms with Crippen LogP contribution in [0.4, 0.5) is 0 Å². The van der Waals surface area contributed by atoms with E-state index >= 15 is 0 Å². The van der Waals surface area contributed by atoms with Gasteiger partial charge in [-0.25, -0.2) is 4.98 Å². The molecule has 1 heterocycles. The van der Waals surface area contributed by atoms with Gasteiger partial charge in [-0.3, -0.25) is 0 Å². The molecule has 0 atom stereocenters. The van der Waals surface area contributed by atoms with E-state index in [1.54, 1.807) is 18.4 Å². The lowest BCUT2D eigenvalue weighted by atomic mass is 10.2. The first kappa shape index (κ1) is 12.6. The molecule has 15 heavy (non-hydrogen) atoms. The van der Waals surface area contributed by atoms with E-state index in [1.807, 2.05) is 7.05 Å². The second-order valence-corrected chi connectivity index (χ2v) is 4.48. The fourth-order valence-corrected chi connectivity index (χ4v) is 2.27. The van der Waals surface area contributed by atoms with Crippen molar-refractivity contribution >= 4 is 11.3 Å². The lowest BCUT2D eigenvalue weighted by Crippen LogP contribution is -2.08. The largest absolute Gasteiger partial charge is 0.385 e. The van der Waals surface area contributed by atoms with Crippen LogP contribution in [0.25, 0.3) is 0 Å². The van der Waals surface area contributed by atoms with Gasteiger partial charge < -0.3 is 10.1 Å². The Morgan fingerprint density at radius 3 is 3.00 bits per heavy atom. The Balaban J connectivity index is 2.23. The highest BCUT2D eigenvalue weighted by molar-refractivity contribution is 7.09. The Morgan fingerprint density at radius 1 is 1.40 bits per heavy atom. The highest BCUT2D eigenvalue weighted by Crippen LogP contribution is 2.13. The first-order valence-corrected chi connectivity index (χ1v) is 6.31. The van der Waals surface area contributed by atoms with Gasteiger partial charge in [-0.05, 0) is 32.9 Å². The third-order valence-corrected chi connectivity index (χ3v) is 3.16. The zero-order valence-electron chi connectivity index (χ0n) is 9.58. The second kappa shape index (κ2) is 7.79. The molecule has 0 saturated carbocycles. The van der Waals surface area contributed by atoms with Crippen LogP contribution in [-0.4, -0.2) is 32.3 Å². The molecule has 0 bridgehead atoms. The number of thiazole rings is 1. The highest BCUT2D eigenvalue weighted by atomic mass is 32.1. The summed E-state index contributed by atoms with van der Waals surface area (Å²) in [6, 6.07) is 0. The van der Waals surface area contributed by atoms with Crippen LogP contribution in [0, 0.1) is 0 Å². The zero-order chi connectivity index (χ0) is 10.9. The molecule has 0 aromatic carbocycles. The van der Waals surface area contributed by atoms with E-state index in [0.29, 0.717) is 0 Å². The molecule has 1 N–H and O–H groups in total. The van der Waals surface area contributed by atoms with Crippen LogP contribution >= 0.6 is 11.3 Å². The normalized spacial score (nSPS) is 10.8. The molecule has 0 aliphatic heterocycles. The van der Waals surface area contributed by atoms with E-state index in [0.717, 1.165) is 38.8 Å². The number of ether oxygens (including phenoxy) is 1. The average molecular weight is 228 g/mol. The monoisotopic (exact) mass is 228 g/mol. The van der Waals surface area contributed by atoms with Gasteiger partial charge in [0, 0.05) is 25.5 Å². The number of hydrogen-bond donors (Lipinski definition) is 1. The maximum absolute atomic E-state index is 5.02. The van der Waals surface area contributed by atoms with E-state index in [1.165, 1.54) is 10.7 Å². The molecule has 1 aromatic heterocycles. The molecule has 86 valence electrons. The summed E-state index contributed by atoms with van der Waals surface area (Å²) in [4.78, 5) is 4.59. The smallest absolute Gasteiger partial charge is 0.0929 e. The number of rotatable bonds is 8. The quantitative estimate of drug-likeness (QED) is 0.690. The van der Waals surface area contributed by atoms with E-state index in [9.17, 15) is 0 Å². The molecule has 1 rings (SSSR count). The van der Waals surface area contributed by atoms with Gasteiger partial charge in [-0.15, -0.1) is 11.3 Å². The Kier molecular flexibility index (Phi) is 6.55. The molecule has 1 aromatic rings. The van der Waals surface area contributed by atoms with Gasteiger partial charge in [0.2, 0.25) is 0 Å². The standard InChI is InChI=1S/C11H20N2OS/c1-12-7-3-5-10-9-15-11(13-10)6-4-8-14-2/h9,12H,3-8H2,1-2H3. The van der Waals surface area contributed by atoms with Crippen molar-refractivity contribution in [3.8, 4) is 0 Å². The number of nitrogens with zero attached hydrogens (tertiary/aromatic N) is 1. The molecule has 0 unspecified atom stereocenters. The maximum atomic E-state index is 5.02. The van der Waals surface area contributed by atoms with Gasteiger partial charge in [-0.2, -0.15) is 0 Å². The minimum atomic E-state index is 0.828. The van der Waals surface area contributed by atoms with Crippen LogP contribution in [0.1, 0.15) is 23.5 Å². The van der Waals surface area contributed by atoms with E-state index in [4.69, 9.17) is 4.74 Å². The Bertz CT molecular complexity index is 238. The molecule has 0 radical (unpaired) electrons. The molecule has 0 saturated heterocycles. The summed E-state index contributed by atoms with van der Waals surface area (Å²) < 4.78 is 5.02. The number of methoxy groups -OCH3 is 1. The summed E-state index contributed by atoms with van der Waals surface area (Å²) in [6.07, 6.45) is 4.36. The number of aryl methyl sites for hydroxylation is 2. The predicted octanol–water partition coefficient (Wildman–Crippen LogP) is 1.87. The number of hydrogen-bond acceptors (Lipinski definition) is 4. The van der Waals surface area contributed by atoms with Crippen LogP contribution in [-0.2, 0) is 17.6 Å². The molecule has 0 amide bonds. The van der Waals surface area contributed by atoms with Crippen LogP contribution in [0.15, 0.2) is 5.38 Å². The Morgan fingerprint density at radius 2 is 2.27 bits per heavy atom. The summed E-state index contributed by atoms with van der Waals surface area (Å²) in [5.74, 6) is 0.